The van der Waals surface area contributed by atoms with E-state index in [1.54, 1.807) is 12.4 Å². The van der Waals surface area contributed by atoms with Crippen molar-refractivity contribution in [2.75, 3.05) is 13.1 Å². The summed E-state index contributed by atoms with van der Waals surface area (Å²) in [4.78, 5) is 27.5. The van der Waals surface area contributed by atoms with Crippen molar-refractivity contribution in [1.29, 1.82) is 0 Å². The second-order valence-electron chi connectivity index (χ2n) is 8.03. The second kappa shape index (κ2) is 7.02. The van der Waals surface area contributed by atoms with Gasteiger partial charge in [-0.15, -0.1) is 0 Å². The van der Waals surface area contributed by atoms with Gasteiger partial charge in [0.15, 0.2) is 0 Å². The van der Waals surface area contributed by atoms with E-state index in [9.17, 15) is 4.79 Å². The molecule has 5 heterocycles. The van der Waals surface area contributed by atoms with E-state index in [4.69, 9.17) is 0 Å². The van der Waals surface area contributed by atoms with E-state index in [1.807, 2.05) is 16.8 Å². The van der Waals surface area contributed by atoms with Gasteiger partial charge in [0.2, 0.25) is 0 Å². The summed E-state index contributed by atoms with van der Waals surface area (Å²) in [7, 11) is 0. The number of rotatable bonds is 4. The van der Waals surface area contributed by atoms with Crippen molar-refractivity contribution >= 4 is 0 Å². The lowest BCUT2D eigenvalue weighted by atomic mass is 9.83. The van der Waals surface area contributed by atoms with Gasteiger partial charge < -0.3 is 9.55 Å². The molecule has 1 fully saturated rings. The zero-order chi connectivity index (χ0) is 19.1. The molecule has 6 heteroatoms. The number of hydrogen-bond acceptors (Lipinski definition) is 4. The van der Waals surface area contributed by atoms with Gasteiger partial charge in [0.1, 0.15) is 5.82 Å². The molecular weight excluding hydrogens is 350 g/mol. The molecule has 1 N–H and O–H groups in total. The number of hydrogen-bond donors (Lipinski definition) is 1. The fourth-order valence-electron chi connectivity index (χ4n) is 4.75. The molecule has 0 saturated carbocycles. The summed E-state index contributed by atoms with van der Waals surface area (Å²) in [6.07, 6.45) is 7.62. The molecule has 2 bridgehead atoms. The fraction of sp³-hybridized carbons (Fsp3) is 0.409. The SMILES string of the molecule is CCc1ccc(CN2C[C@@H]3C[C@H](C2)c2ccc(-c4ncc[nH]4)c(=O)n2C3)nc1. The van der Waals surface area contributed by atoms with Crippen molar-refractivity contribution in [1.82, 2.24) is 24.4 Å². The van der Waals surface area contributed by atoms with Crippen LogP contribution < -0.4 is 5.56 Å². The molecule has 144 valence electrons. The van der Waals surface area contributed by atoms with E-state index in [-0.39, 0.29) is 5.56 Å². The maximum Gasteiger partial charge on any atom is 0.261 e. The first-order chi connectivity index (χ1) is 13.7. The number of nitrogens with one attached hydrogen (secondary N) is 1. The highest BCUT2D eigenvalue weighted by Gasteiger charge is 2.35. The van der Waals surface area contributed by atoms with Crippen LogP contribution in [-0.4, -0.2) is 37.5 Å². The average Bonchev–Trinajstić information content (AvgIpc) is 3.24. The Balaban J connectivity index is 1.39. The number of nitrogens with zero attached hydrogens (tertiary/aromatic N) is 4. The largest absolute Gasteiger partial charge is 0.344 e. The average molecular weight is 375 g/mol. The van der Waals surface area contributed by atoms with Crippen LogP contribution in [0.1, 0.15) is 36.2 Å². The summed E-state index contributed by atoms with van der Waals surface area (Å²) in [5, 5.41) is 0. The Morgan fingerprint density at radius 2 is 2.07 bits per heavy atom. The monoisotopic (exact) mass is 375 g/mol. The topological polar surface area (TPSA) is 66.8 Å². The number of fused-ring (bicyclic) bond motifs is 4. The van der Waals surface area contributed by atoms with E-state index < -0.39 is 0 Å². The number of likely N-dealkylation sites (tertiary alicyclic amines) is 1. The first-order valence-corrected chi connectivity index (χ1v) is 10.1. The molecule has 2 atom stereocenters. The van der Waals surface area contributed by atoms with Crippen LogP contribution in [0.3, 0.4) is 0 Å². The van der Waals surface area contributed by atoms with Gasteiger partial charge in [0.25, 0.3) is 5.56 Å². The van der Waals surface area contributed by atoms with Gasteiger partial charge in [0, 0.05) is 56.4 Å². The minimum atomic E-state index is 0.0763. The maximum absolute atomic E-state index is 13.1. The molecule has 0 aromatic carbocycles. The standard InChI is InChI=1S/C22H25N5O/c1-2-15-3-4-18(25-10-15)14-26-11-16-9-17(13-26)20-6-5-19(21-23-7-8-24-21)22(28)27(20)12-16/h3-8,10,16-17H,2,9,11-14H2,1H3,(H,23,24)/t16-,17+/m0/s1. The number of aromatic nitrogens is 4. The van der Waals surface area contributed by atoms with Gasteiger partial charge in [-0.3, -0.25) is 14.7 Å². The normalized spacial score (nSPS) is 21.5. The van der Waals surface area contributed by atoms with Crippen LogP contribution in [0.25, 0.3) is 11.4 Å². The third-order valence-electron chi connectivity index (χ3n) is 6.11. The minimum Gasteiger partial charge on any atom is -0.344 e. The Hall–Kier alpha value is -2.73. The lowest BCUT2D eigenvalue weighted by Gasteiger charge is -2.42. The van der Waals surface area contributed by atoms with E-state index in [0.29, 0.717) is 23.2 Å². The summed E-state index contributed by atoms with van der Waals surface area (Å²) < 4.78 is 1.99. The highest BCUT2D eigenvalue weighted by Crippen LogP contribution is 2.36. The molecule has 5 rings (SSSR count). The highest BCUT2D eigenvalue weighted by atomic mass is 16.1. The third kappa shape index (κ3) is 3.07. The van der Waals surface area contributed by atoms with Gasteiger partial charge in [-0.25, -0.2) is 4.98 Å². The van der Waals surface area contributed by atoms with Crippen LogP contribution in [0.15, 0.2) is 47.7 Å². The van der Waals surface area contributed by atoms with Crippen molar-refractivity contribution in [3.8, 4) is 11.4 Å². The smallest absolute Gasteiger partial charge is 0.261 e. The van der Waals surface area contributed by atoms with Crippen molar-refractivity contribution in [3.63, 3.8) is 0 Å². The predicted molar refractivity (Wildman–Crippen MR) is 108 cm³/mol. The number of pyridine rings is 2. The van der Waals surface area contributed by atoms with Crippen molar-refractivity contribution in [2.24, 2.45) is 5.92 Å². The Labute approximate surface area is 164 Å². The zero-order valence-electron chi connectivity index (χ0n) is 16.1. The molecule has 28 heavy (non-hydrogen) atoms. The molecule has 1 saturated heterocycles. The molecule has 0 unspecified atom stereocenters. The predicted octanol–water partition coefficient (Wildman–Crippen LogP) is 2.82. The van der Waals surface area contributed by atoms with Crippen LogP contribution >= 0.6 is 0 Å². The Morgan fingerprint density at radius 3 is 2.82 bits per heavy atom. The van der Waals surface area contributed by atoms with Gasteiger partial charge in [-0.1, -0.05) is 13.0 Å². The summed E-state index contributed by atoms with van der Waals surface area (Å²) in [6.45, 7) is 5.82. The highest BCUT2D eigenvalue weighted by molar-refractivity contribution is 5.53. The third-order valence-corrected chi connectivity index (χ3v) is 6.11. The summed E-state index contributed by atoms with van der Waals surface area (Å²) in [6, 6.07) is 8.38. The van der Waals surface area contributed by atoms with Crippen LogP contribution in [0.2, 0.25) is 0 Å². The van der Waals surface area contributed by atoms with Crippen LogP contribution in [-0.2, 0) is 19.5 Å². The summed E-state index contributed by atoms with van der Waals surface area (Å²) in [5.41, 5.74) is 4.30. The number of piperidine rings is 1. The number of aryl methyl sites for hydroxylation is 1. The second-order valence-corrected chi connectivity index (χ2v) is 8.03. The number of H-pyrrole nitrogens is 1. The first-order valence-electron chi connectivity index (χ1n) is 10.1. The maximum atomic E-state index is 13.1. The summed E-state index contributed by atoms with van der Waals surface area (Å²) in [5.74, 6) is 1.56. The molecule has 0 radical (unpaired) electrons. The molecule has 6 nitrogen and oxygen atoms in total. The summed E-state index contributed by atoms with van der Waals surface area (Å²) >= 11 is 0. The minimum absolute atomic E-state index is 0.0763. The Kier molecular flexibility index (Phi) is 4.36. The molecule has 3 aromatic rings. The number of aromatic amines is 1. The van der Waals surface area contributed by atoms with E-state index >= 15 is 0 Å². The molecule has 3 aromatic heterocycles. The lowest BCUT2D eigenvalue weighted by Crippen LogP contribution is -2.47. The Bertz CT molecular complexity index is 1020. The molecule has 0 spiro atoms. The first kappa shape index (κ1) is 17.4. The zero-order valence-corrected chi connectivity index (χ0v) is 16.1. The van der Waals surface area contributed by atoms with Crippen LogP contribution in [0.5, 0.6) is 0 Å². The van der Waals surface area contributed by atoms with Gasteiger partial charge in [-0.2, -0.15) is 0 Å². The van der Waals surface area contributed by atoms with Crippen molar-refractivity contribution in [2.45, 2.75) is 38.8 Å². The van der Waals surface area contributed by atoms with E-state index in [0.717, 1.165) is 50.4 Å². The fourth-order valence-corrected chi connectivity index (χ4v) is 4.75. The van der Waals surface area contributed by atoms with Crippen molar-refractivity contribution < 1.29 is 0 Å². The Morgan fingerprint density at radius 1 is 1.14 bits per heavy atom. The van der Waals surface area contributed by atoms with Crippen LogP contribution in [0, 0.1) is 5.92 Å². The molecule has 2 aliphatic heterocycles. The van der Waals surface area contributed by atoms with Gasteiger partial charge >= 0.3 is 0 Å². The van der Waals surface area contributed by atoms with Crippen molar-refractivity contribution in [3.05, 3.63) is 70.2 Å². The molecule has 0 amide bonds. The number of imidazole rings is 1. The quantitative estimate of drug-likeness (QED) is 0.761. The molecule has 0 aliphatic carbocycles. The molecular formula is C22H25N5O. The van der Waals surface area contributed by atoms with Gasteiger partial charge in [-0.05, 0) is 42.5 Å². The van der Waals surface area contributed by atoms with Gasteiger partial charge in [0.05, 0.1) is 11.3 Å². The van der Waals surface area contributed by atoms with Crippen LogP contribution in [0.4, 0.5) is 0 Å². The lowest BCUT2D eigenvalue weighted by molar-refractivity contribution is 0.113. The molecule has 2 aliphatic rings. The van der Waals surface area contributed by atoms with E-state index in [1.165, 1.54) is 5.56 Å². The van der Waals surface area contributed by atoms with E-state index in [2.05, 4.69) is 45.0 Å².